The number of rotatable bonds is 9. The van der Waals surface area contributed by atoms with Crippen molar-refractivity contribution in [1.82, 2.24) is 4.90 Å². The van der Waals surface area contributed by atoms with Gasteiger partial charge in [0.1, 0.15) is 0 Å². The molecule has 0 aromatic carbocycles. The first-order valence-electron chi connectivity index (χ1n) is 7.38. The van der Waals surface area contributed by atoms with E-state index in [1.165, 1.54) is 0 Å². The molecule has 1 unspecified atom stereocenters. The third-order valence-electron chi connectivity index (χ3n) is 4.33. The Hall–Kier alpha value is -1.10. The average molecular weight is 287 g/mol. The van der Waals surface area contributed by atoms with E-state index < -0.39 is 11.4 Å². The summed E-state index contributed by atoms with van der Waals surface area (Å²) in [6, 6.07) is 0.0554. The smallest absolute Gasteiger partial charge is 0.310 e. The molecule has 2 N–H and O–H groups in total. The number of carboxylic acids is 1. The quantitative estimate of drug-likeness (QED) is 0.681. The van der Waals surface area contributed by atoms with Crippen LogP contribution < -0.4 is 0 Å². The van der Waals surface area contributed by atoms with Crippen molar-refractivity contribution >= 4 is 11.9 Å². The zero-order chi connectivity index (χ0) is 15.9. The van der Waals surface area contributed by atoms with Crippen molar-refractivity contribution in [3.63, 3.8) is 0 Å². The van der Waals surface area contributed by atoms with Crippen molar-refractivity contribution in [3.05, 3.63) is 0 Å². The molecule has 0 bridgehead atoms. The molecule has 0 heterocycles. The fourth-order valence-corrected chi connectivity index (χ4v) is 2.29. The van der Waals surface area contributed by atoms with Gasteiger partial charge in [-0.2, -0.15) is 0 Å². The standard InChI is InChI=1S/C15H29NO4/c1-6-12(7-2)16(8-9-17)13(18)10-15(5,11(3)4)14(19)20/h11-12,17H,6-10H2,1-5H3,(H,19,20). The van der Waals surface area contributed by atoms with Gasteiger partial charge in [0, 0.05) is 19.0 Å². The predicted molar refractivity (Wildman–Crippen MR) is 78.4 cm³/mol. The number of hydrogen-bond acceptors (Lipinski definition) is 3. The number of aliphatic carboxylic acids is 1. The molecule has 0 aliphatic rings. The van der Waals surface area contributed by atoms with Crippen LogP contribution in [0.4, 0.5) is 0 Å². The Morgan fingerprint density at radius 3 is 2.00 bits per heavy atom. The van der Waals surface area contributed by atoms with Gasteiger partial charge in [0.25, 0.3) is 0 Å². The first-order chi connectivity index (χ1) is 9.24. The molecule has 0 aromatic rings. The lowest BCUT2D eigenvalue weighted by Crippen LogP contribution is -2.46. The molecule has 0 saturated heterocycles. The van der Waals surface area contributed by atoms with E-state index in [1.54, 1.807) is 11.8 Å². The second kappa shape index (κ2) is 8.25. The number of nitrogens with zero attached hydrogens (tertiary/aromatic N) is 1. The molecule has 20 heavy (non-hydrogen) atoms. The number of aliphatic hydroxyl groups is 1. The molecule has 0 radical (unpaired) electrons. The van der Waals surface area contributed by atoms with E-state index in [0.29, 0.717) is 0 Å². The van der Waals surface area contributed by atoms with Crippen LogP contribution in [-0.4, -0.2) is 46.2 Å². The summed E-state index contributed by atoms with van der Waals surface area (Å²) in [4.78, 5) is 25.6. The van der Waals surface area contributed by atoms with Crippen LogP contribution in [0.25, 0.3) is 0 Å². The molecule has 118 valence electrons. The molecular formula is C15H29NO4. The van der Waals surface area contributed by atoms with Crippen molar-refractivity contribution in [2.24, 2.45) is 11.3 Å². The van der Waals surface area contributed by atoms with Crippen molar-refractivity contribution in [2.75, 3.05) is 13.2 Å². The molecule has 5 nitrogen and oxygen atoms in total. The summed E-state index contributed by atoms with van der Waals surface area (Å²) in [6.07, 6.45) is 1.57. The van der Waals surface area contributed by atoms with Crippen LogP contribution >= 0.6 is 0 Å². The van der Waals surface area contributed by atoms with E-state index in [1.807, 2.05) is 27.7 Å². The summed E-state index contributed by atoms with van der Waals surface area (Å²) < 4.78 is 0. The minimum absolute atomic E-state index is 0.0312. The van der Waals surface area contributed by atoms with Crippen molar-refractivity contribution in [1.29, 1.82) is 0 Å². The van der Waals surface area contributed by atoms with Gasteiger partial charge in [-0.15, -0.1) is 0 Å². The van der Waals surface area contributed by atoms with Gasteiger partial charge < -0.3 is 15.1 Å². The second-order valence-corrected chi connectivity index (χ2v) is 5.84. The fraction of sp³-hybridized carbons (Fsp3) is 0.867. The van der Waals surface area contributed by atoms with Crippen LogP contribution in [0.1, 0.15) is 53.9 Å². The average Bonchev–Trinajstić information content (AvgIpc) is 2.38. The Bertz CT molecular complexity index is 326. The summed E-state index contributed by atoms with van der Waals surface area (Å²) in [7, 11) is 0. The monoisotopic (exact) mass is 287 g/mol. The summed E-state index contributed by atoms with van der Waals surface area (Å²) in [6.45, 7) is 9.38. The Labute approximate surface area is 122 Å². The van der Waals surface area contributed by atoms with Crippen LogP contribution in [0, 0.1) is 11.3 Å². The highest BCUT2D eigenvalue weighted by atomic mass is 16.4. The van der Waals surface area contributed by atoms with Gasteiger partial charge in [-0.3, -0.25) is 9.59 Å². The highest BCUT2D eigenvalue weighted by molar-refractivity contribution is 5.85. The maximum absolute atomic E-state index is 12.5. The molecule has 1 atom stereocenters. The molecule has 5 heteroatoms. The number of aliphatic hydroxyl groups excluding tert-OH is 1. The van der Waals surface area contributed by atoms with E-state index in [4.69, 9.17) is 5.11 Å². The van der Waals surface area contributed by atoms with Crippen LogP contribution in [0.3, 0.4) is 0 Å². The van der Waals surface area contributed by atoms with Gasteiger partial charge in [0.15, 0.2) is 0 Å². The lowest BCUT2D eigenvalue weighted by atomic mass is 9.76. The molecule has 0 aliphatic heterocycles. The lowest BCUT2D eigenvalue weighted by Gasteiger charge is -2.35. The number of carbonyl (C=O) groups excluding carboxylic acids is 1. The van der Waals surface area contributed by atoms with E-state index in [-0.39, 0.29) is 37.4 Å². The Morgan fingerprint density at radius 2 is 1.70 bits per heavy atom. The first-order valence-corrected chi connectivity index (χ1v) is 7.38. The van der Waals surface area contributed by atoms with Crippen LogP contribution in [0.5, 0.6) is 0 Å². The van der Waals surface area contributed by atoms with E-state index >= 15 is 0 Å². The number of carboxylic acid groups (broad SMARTS) is 1. The Kier molecular flexibility index (Phi) is 7.79. The van der Waals surface area contributed by atoms with Crippen molar-refractivity contribution < 1.29 is 19.8 Å². The molecule has 0 aliphatic carbocycles. The highest BCUT2D eigenvalue weighted by Crippen LogP contribution is 2.32. The summed E-state index contributed by atoms with van der Waals surface area (Å²) in [5, 5.41) is 18.5. The van der Waals surface area contributed by atoms with Crippen LogP contribution in [0.15, 0.2) is 0 Å². The maximum Gasteiger partial charge on any atom is 0.310 e. The van der Waals surface area contributed by atoms with Crippen molar-refractivity contribution in [3.8, 4) is 0 Å². The number of carbonyl (C=O) groups is 2. The fourth-order valence-electron chi connectivity index (χ4n) is 2.29. The predicted octanol–water partition coefficient (Wildman–Crippen LogP) is 2.13. The van der Waals surface area contributed by atoms with Gasteiger partial charge >= 0.3 is 5.97 Å². The minimum atomic E-state index is -1.07. The first kappa shape index (κ1) is 18.9. The third-order valence-corrected chi connectivity index (χ3v) is 4.33. The maximum atomic E-state index is 12.5. The number of hydrogen-bond donors (Lipinski definition) is 2. The molecule has 0 fully saturated rings. The molecule has 0 aromatic heterocycles. The highest BCUT2D eigenvalue weighted by Gasteiger charge is 2.40. The van der Waals surface area contributed by atoms with Gasteiger partial charge in [0.05, 0.1) is 12.0 Å². The van der Waals surface area contributed by atoms with Gasteiger partial charge in [-0.25, -0.2) is 0 Å². The second-order valence-electron chi connectivity index (χ2n) is 5.84. The molecule has 0 rings (SSSR count). The number of amides is 1. The van der Waals surface area contributed by atoms with Crippen LogP contribution in [0.2, 0.25) is 0 Å². The van der Waals surface area contributed by atoms with Crippen LogP contribution in [-0.2, 0) is 9.59 Å². The lowest BCUT2D eigenvalue weighted by molar-refractivity contribution is -0.156. The molecular weight excluding hydrogens is 258 g/mol. The van der Waals surface area contributed by atoms with Gasteiger partial charge in [-0.1, -0.05) is 27.7 Å². The summed E-state index contributed by atoms with van der Waals surface area (Å²) in [5.41, 5.74) is -1.07. The summed E-state index contributed by atoms with van der Waals surface area (Å²) >= 11 is 0. The van der Waals surface area contributed by atoms with E-state index in [0.717, 1.165) is 12.8 Å². The minimum Gasteiger partial charge on any atom is -0.481 e. The van der Waals surface area contributed by atoms with E-state index in [2.05, 4.69) is 0 Å². The molecule has 1 amide bonds. The normalized spacial score (nSPS) is 14.4. The third kappa shape index (κ3) is 4.47. The zero-order valence-corrected chi connectivity index (χ0v) is 13.3. The van der Waals surface area contributed by atoms with Crippen molar-refractivity contribution in [2.45, 2.75) is 59.9 Å². The molecule has 0 saturated carbocycles. The Morgan fingerprint density at radius 1 is 1.20 bits per heavy atom. The summed E-state index contributed by atoms with van der Waals surface area (Å²) in [5.74, 6) is -1.28. The van der Waals surface area contributed by atoms with E-state index in [9.17, 15) is 14.7 Å². The Balaban J connectivity index is 5.12. The zero-order valence-electron chi connectivity index (χ0n) is 13.3. The largest absolute Gasteiger partial charge is 0.481 e. The SMILES string of the molecule is CCC(CC)N(CCO)C(=O)CC(C)(C(=O)O)C(C)C. The molecule has 0 spiro atoms. The van der Waals surface area contributed by atoms with Gasteiger partial charge in [0.2, 0.25) is 5.91 Å². The topological polar surface area (TPSA) is 77.8 Å². The van der Waals surface area contributed by atoms with Gasteiger partial charge in [-0.05, 0) is 25.7 Å².